The molecule has 2 N–H and O–H groups in total. The molecule has 0 unspecified atom stereocenters. The fraction of sp³-hybridized carbons (Fsp3) is 0.387. The standard InChI is InChI=1S/C31H33N5O6/c1-18-6-10-20(11-7-18)33-28(35(41)16-22(37)14-26(35)30(33)39)24-4-3-5-25(32-24)29-34(21-12-8-19(2)9-13-21)31(40)27-15-23(38)17-36(27,29)42/h3-13,22-23,26-29,37-38H,14-17H2,1-2H3/t22-,23-,26+,27+,28+,29+,35-,36-/m1/s1. The molecule has 7 rings (SSSR count). The summed E-state index contributed by atoms with van der Waals surface area (Å²) in [7, 11) is 0. The molecule has 218 valence electrons. The predicted octanol–water partition coefficient (Wildman–Crippen LogP) is 2.68. The molecular formula is C31H33N5O6. The zero-order valence-electron chi connectivity index (χ0n) is 23.4. The lowest BCUT2D eigenvalue weighted by atomic mass is 10.1. The Morgan fingerprint density at radius 3 is 1.45 bits per heavy atom. The number of aliphatic hydroxyl groups is 2. The SMILES string of the molecule is Cc1ccc(N2C(=O)[C@@H]3C[C@@H](O)C[N@+]3([O-])[C@H]2c2cccc([C@H]3N(c4ccc(C)cc4)C(=O)[C@@H]4C[C@@H](O)C[N@@+]43[O-])n2)cc1. The van der Waals surface area contributed by atoms with Crippen molar-refractivity contribution in [3.63, 3.8) is 0 Å². The van der Waals surface area contributed by atoms with Crippen molar-refractivity contribution < 1.29 is 29.1 Å². The zero-order chi connectivity index (χ0) is 29.6. The van der Waals surface area contributed by atoms with Crippen molar-refractivity contribution in [1.29, 1.82) is 0 Å². The zero-order valence-corrected chi connectivity index (χ0v) is 23.4. The molecule has 4 aliphatic heterocycles. The first-order valence-corrected chi connectivity index (χ1v) is 14.3. The maximum Gasteiger partial charge on any atom is 0.290 e. The van der Waals surface area contributed by atoms with Gasteiger partial charge in [-0.1, -0.05) is 41.5 Å². The molecule has 5 heterocycles. The first-order chi connectivity index (χ1) is 20.0. The molecule has 2 aromatic carbocycles. The molecule has 0 radical (unpaired) electrons. The van der Waals surface area contributed by atoms with Crippen LogP contribution in [0.5, 0.6) is 0 Å². The number of aryl methyl sites for hydroxylation is 2. The Bertz CT molecular complexity index is 1450. The number of pyridine rings is 1. The molecular weight excluding hydrogens is 538 g/mol. The number of benzene rings is 2. The Morgan fingerprint density at radius 1 is 0.690 bits per heavy atom. The summed E-state index contributed by atoms with van der Waals surface area (Å²) in [5.41, 5.74) is 3.65. The van der Waals surface area contributed by atoms with Gasteiger partial charge in [-0.2, -0.15) is 0 Å². The van der Waals surface area contributed by atoms with Crippen LogP contribution in [-0.4, -0.2) is 73.7 Å². The number of fused-ring (bicyclic) bond motifs is 2. The highest BCUT2D eigenvalue weighted by Crippen LogP contribution is 2.50. The highest BCUT2D eigenvalue weighted by molar-refractivity contribution is 6.00. The predicted molar refractivity (Wildman–Crippen MR) is 153 cm³/mol. The third-order valence-electron chi connectivity index (χ3n) is 9.35. The van der Waals surface area contributed by atoms with E-state index in [9.17, 15) is 30.2 Å². The molecule has 4 fully saturated rings. The van der Waals surface area contributed by atoms with Gasteiger partial charge < -0.3 is 29.9 Å². The van der Waals surface area contributed by atoms with Crippen molar-refractivity contribution in [2.45, 2.75) is 63.3 Å². The van der Waals surface area contributed by atoms with E-state index in [0.717, 1.165) is 11.1 Å². The summed E-state index contributed by atoms with van der Waals surface area (Å²) in [6.45, 7) is 3.54. The fourth-order valence-electron chi connectivity index (χ4n) is 7.42. The second-order valence-corrected chi connectivity index (χ2v) is 12.2. The van der Waals surface area contributed by atoms with Gasteiger partial charge in [0.1, 0.15) is 36.7 Å². The van der Waals surface area contributed by atoms with E-state index >= 15 is 0 Å². The quantitative estimate of drug-likeness (QED) is 0.363. The number of amides is 2. The van der Waals surface area contributed by atoms with Crippen molar-refractivity contribution in [3.8, 4) is 0 Å². The van der Waals surface area contributed by atoms with Crippen LogP contribution >= 0.6 is 0 Å². The molecule has 2 amide bonds. The summed E-state index contributed by atoms with van der Waals surface area (Å²) in [4.78, 5) is 35.3. The van der Waals surface area contributed by atoms with Crippen LogP contribution in [-0.2, 0) is 9.59 Å². The average molecular weight is 572 g/mol. The first-order valence-electron chi connectivity index (χ1n) is 14.3. The molecule has 0 spiro atoms. The number of hydrogen-bond acceptors (Lipinski definition) is 7. The number of hydroxylamine groups is 6. The fourth-order valence-corrected chi connectivity index (χ4v) is 7.42. The Kier molecular flexibility index (Phi) is 6.07. The van der Waals surface area contributed by atoms with Crippen LogP contribution in [0.3, 0.4) is 0 Å². The summed E-state index contributed by atoms with van der Waals surface area (Å²) in [6.07, 6.45) is -3.92. The van der Waals surface area contributed by atoms with Crippen molar-refractivity contribution in [3.05, 3.63) is 99.7 Å². The third kappa shape index (κ3) is 3.85. The van der Waals surface area contributed by atoms with Crippen LogP contribution < -0.4 is 9.80 Å². The van der Waals surface area contributed by atoms with Crippen molar-refractivity contribution in [2.75, 3.05) is 22.9 Å². The van der Waals surface area contributed by atoms with E-state index in [0.29, 0.717) is 11.4 Å². The van der Waals surface area contributed by atoms with Crippen molar-refractivity contribution in [1.82, 2.24) is 4.98 Å². The van der Waals surface area contributed by atoms with Crippen LogP contribution in [0.2, 0.25) is 0 Å². The van der Waals surface area contributed by atoms with Crippen LogP contribution in [0.1, 0.15) is 47.7 Å². The third-order valence-corrected chi connectivity index (χ3v) is 9.35. The molecule has 8 atom stereocenters. The van der Waals surface area contributed by atoms with Crippen LogP contribution in [0.4, 0.5) is 11.4 Å². The Hall–Kier alpha value is -3.71. The Morgan fingerprint density at radius 2 is 1.07 bits per heavy atom. The summed E-state index contributed by atoms with van der Waals surface area (Å²) in [6, 6.07) is 17.7. The van der Waals surface area contributed by atoms with Crippen LogP contribution in [0.15, 0.2) is 66.7 Å². The van der Waals surface area contributed by atoms with Crippen molar-refractivity contribution in [2.24, 2.45) is 0 Å². The van der Waals surface area contributed by atoms with E-state index in [4.69, 9.17) is 4.98 Å². The molecule has 0 aliphatic carbocycles. The average Bonchev–Trinajstić information content (AvgIpc) is 3.57. The smallest absolute Gasteiger partial charge is 0.290 e. The minimum Gasteiger partial charge on any atom is -0.630 e. The molecule has 42 heavy (non-hydrogen) atoms. The molecule has 0 bridgehead atoms. The van der Waals surface area contributed by atoms with Gasteiger partial charge in [0.15, 0.2) is 12.1 Å². The highest BCUT2D eigenvalue weighted by Gasteiger charge is 2.63. The topological polar surface area (TPSA) is 140 Å². The monoisotopic (exact) mass is 571 g/mol. The minimum atomic E-state index is -1.09. The number of hydrogen-bond donors (Lipinski definition) is 2. The summed E-state index contributed by atoms with van der Waals surface area (Å²) >= 11 is 0. The molecule has 4 aliphatic rings. The molecule has 3 aromatic rings. The van der Waals surface area contributed by atoms with Crippen molar-refractivity contribution >= 4 is 23.2 Å². The van der Waals surface area contributed by atoms with Gasteiger partial charge in [0.05, 0.1) is 11.4 Å². The molecule has 4 saturated heterocycles. The van der Waals surface area contributed by atoms with Gasteiger partial charge >= 0.3 is 0 Å². The lowest BCUT2D eigenvalue weighted by molar-refractivity contribution is -0.907. The number of aromatic nitrogens is 1. The maximum atomic E-state index is 14.5. The number of anilines is 2. The van der Waals surface area contributed by atoms with Gasteiger partial charge in [-0.05, 0) is 50.2 Å². The van der Waals surface area contributed by atoms with Gasteiger partial charge in [0.25, 0.3) is 11.8 Å². The largest absolute Gasteiger partial charge is 0.630 e. The summed E-state index contributed by atoms with van der Waals surface area (Å²) in [5, 5.41) is 49.9. The van der Waals surface area contributed by atoms with E-state index in [1.807, 2.05) is 38.1 Å². The molecule has 11 nitrogen and oxygen atoms in total. The molecule has 11 heteroatoms. The lowest BCUT2D eigenvalue weighted by Crippen LogP contribution is -2.48. The molecule has 0 saturated carbocycles. The Labute approximate surface area is 243 Å². The second kappa shape index (κ2) is 9.40. The van der Waals surface area contributed by atoms with Gasteiger partial charge in [0, 0.05) is 12.8 Å². The summed E-state index contributed by atoms with van der Waals surface area (Å²) in [5.74, 6) is -0.759. The van der Waals surface area contributed by atoms with Gasteiger partial charge in [0.2, 0.25) is 12.3 Å². The van der Waals surface area contributed by atoms with Gasteiger partial charge in [-0.15, -0.1) is 0 Å². The van der Waals surface area contributed by atoms with E-state index in [1.54, 1.807) is 42.5 Å². The summed E-state index contributed by atoms with van der Waals surface area (Å²) < 4.78 is -1.96. The van der Waals surface area contributed by atoms with E-state index < -0.39 is 45.9 Å². The normalized spacial score (nSPS) is 35.7. The number of carbonyl (C=O) groups excluding carboxylic acids is 2. The number of aliphatic hydroxyl groups excluding tert-OH is 2. The van der Waals surface area contributed by atoms with E-state index in [-0.39, 0.29) is 49.1 Å². The number of carbonyl (C=O) groups is 2. The molecule has 1 aromatic heterocycles. The highest BCUT2D eigenvalue weighted by atomic mass is 16.6. The second-order valence-electron chi connectivity index (χ2n) is 12.2. The van der Waals surface area contributed by atoms with Crippen LogP contribution in [0, 0.1) is 24.3 Å². The maximum absolute atomic E-state index is 14.5. The Balaban J connectivity index is 1.37. The lowest BCUT2D eigenvalue weighted by Gasteiger charge is -2.45. The minimum absolute atomic E-state index is 0.0549. The number of rotatable bonds is 4. The first kappa shape index (κ1) is 27.1. The van der Waals surface area contributed by atoms with E-state index in [1.165, 1.54) is 9.80 Å². The van der Waals surface area contributed by atoms with E-state index in [2.05, 4.69) is 0 Å². The number of quaternary nitrogens is 2. The van der Waals surface area contributed by atoms with Crippen LogP contribution in [0.25, 0.3) is 0 Å². The van der Waals surface area contributed by atoms with Gasteiger partial charge in [-0.3, -0.25) is 19.4 Å². The number of nitrogens with zero attached hydrogens (tertiary/aromatic N) is 5. The van der Waals surface area contributed by atoms with Gasteiger partial charge in [-0.25, -0.2) is 4.98 Å².